The fourth-order valence-electron chi connectivity index (χ4n) is 1.70. The molecule has 0 amide bonds. The van der Waals surface area contributed by atoms with Gasteiger partial charge < -0.3 is 10.2 Å². The van der Waals surface area contributed by atoms with Crippen molar-refractivity contribution in [3.05, 3.63) is 34.5 Å². The van der Waals surface area contributed by atoms with Crippen molar-refractivity contribution in [2.45, 2.75) is 13.0 Å². The summed E-state index contributed by atoms with van der Waals surface area (Å²) in [6.07, 6.45) is -1.68. The SMILES string of the molecule is Cc1sc2cccc(F)c2c1C(O)C(=O)O. The first-order valence-corrected chi connectivity index (χ1v) is 5.42. The molecule has 0 saturated carbocycles. The minimum atomic E-state index is -1.68. The molecule has 1 heterocycles. The molecule has 0 aliphatic carbocycles. The standard InChI is InChI=1S/C11H9FO3S/c1-5-8(10(13)11(14)15)9-6(12)3-2-4-7(9)16-5/h2-4,10,13H,1H3,(H,14,15). The number of aliphatic carboxylic acids is 1. The molecule has 16 heavy (non-hydrogen) atoms. The third-order valence-corrected chi connectivity index (χ3v) is 3.48. The van der Waals surface area contributed by atoms with E-state index in [1.807, 2.05) is 0 Å². The Hall–Kier alpha value is -1.46. The van der Waals surface area contributed by atoms with Gasteiger partial charge in [0, 0.05) is 20.5 Å². The first-order chi connectivity index (χ1) is 7.52. The molecular weight excluding hydrogens is 231 g/mol. The Morgan fingerprint density at radius 2 is 2.19 bits per heavy atom. The zero-order chi connectivity index (χ0) is 11.9. The van der Waals surface area contributed by atoms with Crippen LogP contribution in [-0.2, 0) is 4.79 Å². The normalized spacial score (nSPS) is 12.9. The predicted molar refractivity (Wildman–Crippen MR) is 59.1 cm³/mol. The van der Waals surface area contributed by atoms with Gasteiger partial charge in [0.1, 0.15) is 5.82 Å². The molecule has 2 aromatic rings. The Bertz CT molecular complexity index is 562. The van der Waals surface area contributed by atoms with Crippen LogP contribution in [0.1, 0.15) is 16.5 Å². The molecule has 0 aliphatic rings. The number of halogens is 1. The average molecular weight is 240 g/mol. The summed E-state index contributed by atoms with van der Waals surface area (Å²) in [4.78, 5) is 11.4. The molecule has 5 heteroatoms. The third-order valence-electron chi connectivity index (χ3n) is 2.39. The summed E-state index contributed by atoms with van der Waals surface area (Å²) in [7, 11) is 0. The molecule has 2 N–H and O–H groups in total. The lowest BCUT2D eigenvalue weighted by Crippen LogP contribution is -2.11. The van der Waals surface area contributed by atoms with Crippen molar-refractivity contribution in [3.8, 4) is 0 Å². The van der Waals surface area contributed by atoms with Crippen molar-refractivity contribution >= 4 is 27.4 Å². The lowest BCUT2D eigenvalue weighted by atomic mass is 10.1. The second kappa shape index (κ2) is 3.84. The number of aliphatic hydroxyl groups excluding tert-OH is 1. The van der Waals surface area contributed by atoms with E-state index in [0.29, 0.717) is 9.58 Å². The van der Waals surface area contributed by atoms with Gasteiger partial charge in [-0.1, -0.05) is 6.07 Å². The van der Waals surface area contributed by atoms with E-state index in [9.17, 15) is 14.3 Å². The number of aliphatic hydroxyl groups is 1. The third kappa shape index (κ3) is 1.58. The minimum Gasteiger partial charge on any atom is -0.479 e. The van der Waals surface area contributed by atoms with Crippen LogP contribution in [0.25, 0.3) is 10.1 Å². The van der Waals surface area contributed by atoms with E-state index < -0.39 is 17.9 Å². The molecule has 1 atom stereocenters. The summed E-state index contributed by atoms with van der Waals surface area (Å²) >= 11 is 1.28. The van der Waals surface area contributed by atoms with E-state index in [1.165, 1.54) is 17.4 Å². The Morgan fingerprint density at radius 1 is 1.50 bits per heavy atom. The van der Waals surface area contributed by atoms with E-state index in [2.05, 4.69) is 0 Å². The quantitative estimate of drug-likeness (QED) is 0.847. The van der Waals surface area contributed by atoms with Crippen molar-refractivity contribution in [1.82, 2.24) is 0 Å². The fraction of sp³-hybridized carbons (Fsp3) is 0.182. The van der Waals surface area contributed by atoms with Crippen LogP contribution in [0, 0.1) is 12.7 Å². The molecule has 0 aliphatic heterocycles. The molecule has 3 nitrogen and oxygen atoms in total. The van der Waals surface area contributed by atoms with Gasteiger partial charge in [-0.2, -0.15) is 0 Å². The van der Waals surface area contributed by atoms with E-state index in [0.717, 1.165) is 0 Å². The number of hydrogen-bond donors (Lipinski definition) is 2. The molecule has 1 aromatic heterocycles. The van der Waals surface area contributed by atoms with Gasteiger partial charge >= 0.3 is 5.97 Å². The lowest BCUT2D eigenvalue weighted by molar-refractivity contribution is -0.146. The van der Waals surface area contributed by atoms with E-state index in [4.69, 9.17) is 5.11 Å². The van der Waals surface area contributed by atoms with Gasteiger partial charge in [0.15, 0.2) is 6.10 Å². The van der Waals surface area contributed by atoms with Crippen LogP contribution in [0.5, 0.6) is 0 Å². The summed E-state index contributed by atoms with van der Waals surface area (Å²) in [6.45, 7) is 1.67. The highest BCUT2D eigenvalue weighted by Crippen LogP contribution is 2.36. The van der Waals surface area contributed by atoms with Gasteiger partial charge in [-0.25, -0.2) is 9.18 Å². The summed E-state index contributed by atoms with van der Waals surface area (Å²) in [5, 5.41) is 18.5. The molecule has 1 unspecified atom stereocenters. The van der Waals surface area contributed by atoms with E-state index >= 15 is 0 Å². The van der Waals surface area contributed by atoms with Gasteiger partial charge in [-0.3, -0.25) is 0 Å². The van der Waals surface area contributed by atoms with Crippen LogP contribution >= 0.6 is 11.3 Å². The molecule has 0 saturated heterocycles. The fourth-order valence-corrected chi connectivity index (χ4v) is 2.81. The van der Waals surface area contributed by atoms with Crippen molar-refractivity contribution in [1.29, 1.82) is 0 Å². The molecular formula is C11H9FO3S. The molecule has 0 fully saturated rings. The summed E-state index contributed by atoms with van der Waals surface area (Å²) in [6, 6.07) is 4.52. The average Bonchev–Trinajstić information content (AvgIpc) is 2.54. The van der Waals surface area contributed by atoms with Crippen LogP contribution in [-0.4, -0.2) is 16.2 Å². The highest BCUT2D eigenvalue weighted by molar-refractivity contribution is 7.19. The Balaban J connectivity index is 2.77. The number of benzene rings is 1. The first kappa shape index (κ1) is 11.0. The molecule has 1 aromatic carbocycles. The summed E-state index contributed by atoms with van der Waals surface area (Å²) < 4.78 is 14.2. The topological polar surface area (TPSA) is 57.5 Å². The molecule has 0 radical (unpaired) electrons. The minimum absolute atomic E-state index is 0.158. The number of fused-ring (bicyclic) bond motifs is 1. The van der Waals surface area contributed by atoms with Crippen molar-refractivity contribution in [2.24, 2.45) is 0 Å². The van der Waals surface area contributed by atoms with Gasteiger partial charge in [0.25, 0.3) is 0 Å². The van der Waals surface area contributed by atoms with Crippen LogP contribution in [0.3, 0.4) is 0 Å². The summed E-state index contributed by atoms with van der Waals surface area (Å²) in [5.74, 6) is -1.87. The largest absolute Gasteiger partial charge is 0.479 e. The lowest BCUT2D eigenvalue weighted by Gasteiger charge is -2.06. The molecule has 2 rings (SSSR count). The number of rotatable bonds is 2. The predicted octanol–water partition coefficient (Wildman–Crippen LogP) is 2.47. The number of aryl methyl sites for hydroxylation is 1. The first-order valence-electron chi connectivity index (χ1n) is 4.60. The van der Waals surface area contributed by atoms with Crippen molar-refractivity contribution in [3.63, 3.8) is 0 Å². The highest BCUT2D eigenvalue weighted by atomic mass is 32.1. The van der Waals surface area contributed by atoms with Gasteiger partial charge in [0.05, 0.1) is 0 Å². The van der Waals surface area contributed by atoms with E-state index in [-0.39, 0.29) is 10.9 Å². The Labute approximate surface area is 94.8 Å². The van der Waals surface area contributed by atoms with Crippen LogP contribution in [0.2, 0.25) is 0 Å². The number of carbonyl (C=O) groups is 1. The number of carboxylic acids is 1. The van der Waals surface area contributed by atoms with E-state index in [1.54, 1.807) is 19.1 Å². The van der Waals surface area contributed by atoms with Crippen LogP contribution < -0.4 is 0 Å². The van der Waals surface area contributed by atoms with Crippen LogP contribution in [0.4, 0.5) is 4.39 Å². The zero-order valence-corrected chi connectivity index (χ0v) is 9.21. The van der Waals surface area contributed by atoms with Gasteiger partial charge in [-0.05, 0) is 19.1 Å². The second-order valence-electron chi connectivity index (χ2n) is 3.43. The maximum atomic E-state index is 13.6. The molecule has 84 valence electrons. The smallest absolute Gasteiger partial charge is 0.337 e. The van der Waals surface area contributed by atoms with Gasteiger partial charge in [-0.15, -0.1) is 11.3 Å². The highest BCUT2D eigenvalue weighted by Gasteiger charge is 2.24. The Kier molecular flexibility index (Phi) is 2.65. The van der Waals surface area contributed by atoms with Gasteiger partial charge in [0.2, 0.25) is 0 Å². The monoisotopic (exact) mass is 240 g/mol. The van der Waals surface area contributed by atoms with Crippen molar-refractivity contribution in [2.75, 3.05) is 0 Å². The zero-order valence-electron chi connectivity index (χ0n) is 8.40. The number of hydrogen-bond acceptors (Lipinski definition) is 3. The van der Waals surface area contributed by atoms with Crippen LogP contribution in [0.15, 0.2) is 18.2 Å². The summed E-state index contributed by atoms with van der Waals surface area (Å²) in [5.41, 5.74) is 0.158. The number of carboxylic acid groups (broad SMARTS) is 1. The molecule has 0 bridgehead atoms. The maximum Gasteiger partial charge on any atom is 0.337 e. The van der Waals surface area contributed by atoms with Crippen molar-refractivity contribution < 1.29 is 19.4 Å². The number of thiophene rings is 1. The molecule has 0 spiro atoms. The Morgan fingerprint density at radius 3 is 2.81 bits per heavy atom. The second-order valence-corrected chi connectivity index (χ2v) is 4.68. The maximum absolute atomic E-state index is 13.6.